The molecule has 1 aromatic rings. The number of anilines is 1. The van der Waals surface area contributed by atoms with Crippen molar-refractivity contribution in [2.75, 3.05) is 12.4 Å². The highest BCUT2D eigenvalue weighted by Crippen LogP contribution is 2.13. The first-order chi connectivity index (χ1) is 6.15. The van der Waals surface area contributed by atoms with Crippen LogP contribution in [0.4, 0.5) is 19.0 Å². The lowest BCUT2D eigenvalue weighted by Crippen LogP contribution is -2.01. The highest BCUT2D eigenvalue weighted by molar-refractivity contribution is 5.35. The highest BCUT2D eigenvalue weighted by Gasteiger charge is 2.10. The van der Waals surface area contributed by atoms with Crippen molar-refractivity contribution >= 4 is 5.82 Å². The van der Waals surface area contributed by atoms with Gasteiger partial charge in [0.25, 0.3) is 0 Å². The molecule has 5 heteroatoms. The van der Waals surface area contributed by atoms with Gasteiger partial charge < -0.3 is 5.32 Å². The number of nitrogens with zero attached hydrogens (tertiary/aromatic N) is 1. The number of pyridine rings is 1. The molecule has 0 saturated carbocycles. The first-order valence-electron chi connectivity index (χ1n) is 3.84. The Labute approximate surface area is 74.8 Å². The molecule has 0 fully saturated rings. The Balaban J connectivity index is 0.000000671. The van der Waals surface area contributed by atoms with Crippen molar-refractivity contribution < 1.29 is 13.2 Å². The molecule has 0 aromatic carbocycles. The highest BCUT2D eigenvalue weighted by atomic mass is 19.2. The molecule has 0 radical (unpaired) electrons. The summed E-state index contributed by atoms with van der Waals surface area (Å²) >= 11 is 0. The monoisotopic (exact) mass is 192 g/mol. The summed E-state index contributed by atoms with van der Waals surface area (Å²) < 4.78 is 37.1. The second-order valence-corrected chi connectivity index (χ2v) is 1.84. The fraction of sp³-hybridized carbons (Fsp3) is 0.375. The molecule has 1 rings (SSSR count). The quantitative estimate of drug-likeness (QED) is 0.691. The maximum absolute atomic E-state index is 12.5. The number of nitrogens with one attached hydrogen (secondary N) is 1. The average molecular weight is 192 g/mol. The normalized spacial score (nSPS) is 8.77. The molecule has 1 heterocycles. The van der Waals surface area contributed by atoms with Crippen molar-refractivity contribution in [3.8, 4) is 0 Å². The molecule has 13 heavy (non-hydrogen) atoms. The molecule has 2 nitrogen and oxygen atoms in total. The van der Waals surface area contributed by atoms with E-state index >= 15 is 0 Å². The van der Waals surface area contributed by atoms with E-state index in [2.05, 4.69) is 10.3 Å². The fourth-order valence-electron chi connectivity index (χ4n) is 0.635. The van der Waals surface area contributed by atoms with Gasteiger partial charge in [-0.1, -0.05) is 13.8 Å². The van der Waals surface area contributed by atoms with Gasteiger partial charge in [0.2, 0.25) is 11.8 Å². The van der Waals surface area contributed by atoms with Crippen LogP contribution in [-0.4, -0.2) is 12.0 Å². The van der Waals surface area contributed by atoms with Gasteiger partial charge >= 0.3 is 0 Å². The van der Waals surface area contributed by atoms with E-state index in [1.807, 2.05) is 13.8 Å². The second kappa shape index (κ2) is 5.40. The third-order valence-electron chi connectivity index (χ3n) is 1.12. The van der Waals surface area contributed by atoms with Crippen molar-refractivity contribution in [2.24, 2.45) is 0 Å². The average Bonchev–Trinajstić information content (AvgIpc) is 2.14. The van der Waals surface area contributed by atoms with Crippen molar-refractivity contribution in [1.29, 1.82) is 0 Å². The number of hydrogen-bond acceptors (Lipinski definition) is 2. The minimum atomic E-state index is -1.25. The lowest BCUT2D eigenvalue weighted by Gasteiger charge is -2.00. The molecule has 0 aliphatic carbocycles. The summed E-state index contributed by atoms with van der Waals surface area (Å²) in [6.07, 6.45) is 0. The predicted octanol–water partition coefficient (Wildman–Crippen LogP) is 2.57. The fourth-order valence-corrected chi connectivity index (χ4v) is 0.635. The van der Waals surface area contributed by atoms with Crippen LogP contribution in [0.15, 0.2) is 6.07 Å². The molecule has 0 spiro atoms. The third kappa shape index (κ3) is 2.93. The van der Waals surface area contributed by atoms with Crippen molar-refractivity contribution in [1.82, 2.24) is 4.98 Å². The molecule has 0 atom stereocenters. The van der Waals surface area contributed by atoms with E-state index in [1.54, 1.807) is 0 Å². The van der Waals surface area contributed by atoms with Crippen molar-refractivity contribution in [3.63, 3.8) is 0 Å². The number of aromatic nitrogens is 1. The largest absolute Gasteiger partial charge is 0.371 e. The lowest BCUT2D eigenvalue weighted by molar-refractivity contribution is 0.483. The van der Waals surface area contributed by atoms with Crippen molar-refractivity contribution in [3.05, 3.63) is 23.6 Å². The molecule has 0 amide bonds. The van der Waals surface area contributed by atoms with Gasteiger partial charge in [-0.05, 0) is 0 Å². The van der Waals surface area contributed by atoms with Crippen LogP contribution in [0.2, 0.25) is 0 Å². The summed E-state index contributed by atoms with van der Waals surface area (Å²) in [6.45, 7) is 4.00. The topological polar surface area (TPSA) is 24.9 Å². The molecule has 74 valence electrons. The maximum Gasteiger partial charge on any atom is 0.217 e. The molecule has 0 aliphatic heterocycles. The summed E-state index contributed by atoms with van der Waals surface area (Å²) in [7, 11) is 1.32. The van der Waals surface area contributed by atoms with Gasteiger partial charge in [-0.2, -0.15) is 13.8 Å². The Bertz CT molecular complexity index is 276. The van der Waals surface area contributed by atoms with Gasteiger partial charge in [0.15, 0.2) is 11.6 Å². The van der Waals surface area contributed by atoms with Gasteiger partial charge in [0, 0.05) is 13.1 Å². The van der Waals surface area contributed by atoms with E-state index in [1.165, 1.54) is 7.05 Å². The summed E-state index contributed by atoms with van der Waals surface area (Å²) in [4.78, 5) is 3.06. The Morgan fingerprint density at radius 2 is 1.77 bits per heavy atom. The summed E-state index contributed by atoms with van der Waals surface area (Å²) in [6, 6.07) is 0.385. The van der Waals surface area contributed by atoms with Crippen LogP contribution in [0.1, 0.15) is 13.8 Å². The van der Waals surface area contributed by atoms with Crippen LogP contribution in [0.3, 0.4) is 0 Å². The second-order valence-electron chi connectivity index (χ2n) is 1.84. The Morgan fingerprint density at radius 1 is 1.23 bits per heavy atom. The van der Waals surface area contributed by atoms with Crippen LogP contribution in [0.5, 0.6) is 0 Å². The minimum Gasteiger partial charge on any atom is -0.371 e. The molecule has 1 aromatic heterocycles. The molecular formula is C8H11F3N2. The summed E-state index contributed by atoms with van der Waals surface area (Å²) in [5.41, 5.74) is 0. The lowest BCUT2D eigenvalue weighted by atomic mass is 10.4. The van der Waals surface area contributed by atoms with E-state index in [0.29, 0.717) is 6.07 Å². The maximum atomic E-state index is 12.5. The standard InChI is InChI=1S/C6H5F3N2.C2H6/c1-10-6-5(9)3(7)2-4(8)11-6;1-2/h2H,1H3,(H,10,11);1-2H3. The Morgan fingerprint density at radius 3 is 2.23 bits per heavy atom. The predicted molar refractivity (Wildman–Crippen MR) is 45.0 cm³/mol. The number of halogens is 3. The van der Waals surface area contributed by atoms with E-state index in [9.17, 15) is 13.2 Å². The van der Waals surface area contributed by atoms with Crippen LogP contribution in [0, 0.1) is 17.6 Å². The number of hydrogen-bond donors (Lipinski definition) is 1. The van der Waals surface area contributed by atoms with E-state index < -0.39 is 23.4 Å². The first kappa shape index (κ1) is 11.7. The van der Waals surface area contributed by atoms with Gasteiger partial charge in [-0.25, -0.2) is 4.39 Å². The summed E-state index contributed by atoms with van der Waals surface area (Å²) in [5.74, 6) is -3.90. The van der Waals surface area contributed by atoms with Crippen LogP contribution >= 0.6 is 0 Å². The first-order valence-corrected chi connectivity index (χ1v) is 3.84. The molecule has 0 saturated heterocycles. The van der Waals surface area contributed by atoms with Crippen LogP contribution in [0.25, 0.3) is 0 Å². The molecule has 1 N–H and O–H groups in total. The van der Waals surface area contributed by atoms with Gasteiger partial charge in [-0.3, -0.25) is 0 Å². The van der Waals surface area contributed by atoms with Gasteiger partial charge in [-0.15, -0.1) is 0 Å². The zero-order valence-electron chi connectivity index (χ0n) is 7.66. The SMILES string of the molecule is CC.CNc1nc(F)cc(F)c1F. The molecule has 0 unspecified atom stereocenters. The van der Waals surface area contributed by atoms with Gasteiger partial charge in [0.05, 0.1) is 0 Å². The molecule has 0 bridgehead atoms. The van der Waals surface area contributed by atoms with Crippen molar-refractivity contribution in [2.45, 2.75) is 13.8 Å². The minimum absolute atomic E-state index is 0.385. The van der Waals surface area contributed by atoms with E-state index in [4.69, 9.17) is 0 Å². The molecule has 0 aliphatic rings. The molecular weight excluding hydrogens is 181 g/mol. The number of rotatable bonds is 1. The smallest absolute Gasteiger partial charge is 0.217 e. The van der Waals surface area contributed by atoms with Gasteiger partial charge in [0.1, 0.15) is 0 Å². The van der Waals surface area contributed by atoms with Crippen LogP contribution in [-0.2, 0) is 0 Å². The summed E-state index contributed by atoms with van der Waals surface area (Å²) in [5, 5.41) is 2.21. The zero-order valence-corrected chi connectivity index (χ0v) is 7.66. The zero-order chi connectivity index (χ0) is 10.4. The van der Waals surface area contributed by atoms with Crippen LogP contribution < -0.4 is 5.32 Å². The van der Waals surface area contributed by atoms with E-state index in [-0.39, 0.29) is 0 Å². The van der Waals surface area contributed by atoms with E-state index in [0.717, 1.165) is 0 Å². The Hall–Kier alpha value is -1.26. The Kier molecular flexibility index (Phi) is 4.87. The third-order valence-corrected chi connectivity index (χ3v) is 1.12.